The molecule has 0 spiro atoms. The zero-order valence-corrected chi connectivity index (χ0v) is 21.1. The number of ether oxygens (including phenoxy) is 3. The van der Waals surface area contributed by atoms with E-state index >= 15 is 0 Å². The van der Waals surface area contributed by atoms with E-state index in [1.807, 2.05) is 18.2 Å². The van der Waals surface area contributed by atoms with Gasteiger partial charge in [-0.05, 0) is 56.1 Å². The van der Waals surface area contributed by atoms with E-state index in [9.17, 15) is 14.4 Å². The highest BCUT2D eigenvalue weighted by atomic mass is 16.7. The van der Waals surface area contributed by atoms with Crippen LogP contribution in [0.15, 0.2) is 42.5 Å². The summed E-state index contributed by atoms with van der Waals surface area (Å²) < 4.78 is 17.2. The second kappa shape index (κ2) is 10.4. The highest BCUT2D eigenvalue weighted by Crippen LogP contribution is 2.49. The molecule has 1 aromatic rings. The Hall–Kier alpha value is -2.83. The lowest BCUT2D eigenvalue weighted by atomic mass is 9.75. The lowest BCUT2D eigenvalue weighted by Crippen LogP contribution is -2.65. The molecule has 7 heteroatoms. The summed E-state index contributed by atoms with van der Waals surface area (Å²) in [6, 6.07) is 8.69. The van der Waals surface area contributed by atoms with E-state index < -0.39 is 29.7 Å². The number of benzene rings is 1. The standard InChI is InChI=1S/C28H37NO6/c1-5-33-26(31)28(29-25(30)19-9-7-6-8-10-19)21-13-12-20(16-21)24(28)35-27(32)34-23-15-18(4)11-14-22(23)17(2)3/h6-10,12-13,17-18,20-24H,5,11,14-16H2,1-4H3,(H,29,30)/t18-,20-,21+,22+,23-,24-,28+/m0/s1. The molecule has 3 aliphatic rings. The van der Waals surface area contributed by atoms with Gasteiger partial charge in [-0.25, -0.2) is 9.59 Å². The summed E-state index contributed by atoms with van der Waals surface area (Å²) in [7, 11) is 0. The zero-order chi connectivity index (χ0) is 25.2. The summed E-state index contributed by atoms with van der Waals surface area (Å²) in [5.41, 5.74) is -1.08. The van der Waals surface area contributed by atoms with E-state index in [1.165, 1.54) is 0 Å². The molecular weight excluding hydrogens is 446 g/mol. The minimum atomic E-state index is -1.50. The summed E-state index contributed by atoms with van der Waals surface area (Å²) >= 11 is 0. The first-order chi connectivity index (χ1) is 16.8. The van der Waals surface area contributed by atoms with Gasteiger partial charge >= 0.3 is 12.1 Å². The predicted octanol–water partition coefficient (Wildman–Crippen LogP) is 4.91. The molecular formula is C28H37NO6. The average Bonchev–Trinajstić information content (AvgIpc) is 3.41. The number of amides is 1. The Morgan fingerprint density at radius 1 is 1.06 bits per heavy atom. The van der Waals surface area contributed by atoms with E-state index in [0.717, 1.165) is 19.3 Å². The first kappa shape index (κ1) is 25.3. The van der Waals surface area contributed by atoms with Crippen LogP contribution in [-0.2, 0) is 19.0 Å². The Bertz CT molecular complexity index is 959. The Morgan fingerprint density at radius 3 is 2.49 bits per heavy atom. The van der Waals surface area contributed by atoms with Gasteiger partial charge in [-0.1, -0.05) is 57.5 Å². The molecule has 0 aromatic heterocycles. The van der Waals surface area contributed by atoms with Crippen LogP contribution in [0.5, 0.6) is 0 Å². The van der Waals surface area contributed by atoms with Crippen LogP contribution >= 0.6 is 0 Å². The van der Waals surface area contributed by atoms with Gasteiger partial charge < -0.3 is 19.5 Å². The largest absolute Gasteiger partial charge is 0.508 e. The molecule has 2 bridgehead atoms. The summed E-state index contributed by atoms with van der Waals surface area (Å²) in [6.07, 6.45) is 5.45. The van der Waals surface area contributed by atoms with Gasteiger partial charge in [-0.15, -0.1) is 0 Å². The van der Waals surface area contributed by atoms with Gasteiger partial charge in [0.05, 0.1) is 6.61 Å². The van der Waals surface area contributed by atoms with Crippen molar-refractivity contribution in [3.63, 3.8) is 0 Å². The molecule has 2 fully saturated rings. The normalized spacial score (nSPS) is 33.4. The minimum absolute atomic E-state index is 0.149. The van der Waals surface area contributed by atoms with Gasteiger partial charge in [0.1, 0.15) is 12.2 Å². The number of esters is 1. The number of carbonyl (C=O) groups excluding carboxylic acids is 3. The van der Waals surface area contributed by atoms with Crippen molar-refractivity contribution in [2.24, 2.45) is 29.6 Å². The van der Waals surface area contributed by atoms with Gasteiger partial charge in [0.25, 0.3) is 5.91 Å². The molecule has 1 aromatic carbocycles. The fourth-order valence-corrected chi connectivity index (χ4v) is 6.11. The Kier molecular flexibility index (Phi) is 7.53. The smallest absolute Gasteiger partial charge is 0.464 e. The van der Waals surface area contributed by atoms with E-state index in [2.05, 4.69) is 26.1 Å². The highest BCUT2D eigenvalue weighted by Gasteiger charge is 2.65. The van der Waals surface area contributed by atoms with Crippen LogP contribution in [0.1, 0.15) is 63.7 Å². The topological polar surface area (TPSA) is 90.9 Å². The monoisotopic (exact) mass is 483 g/mol. The third kappa shape index (κ3) is 4.95. The predicted molar refractivity (Wildman–Crippen MR) is 130 cm³/mol. The maximum atomic E-state index is 13.4. The first-order valence-corrected chi connectivity index (χ1v) is 12.9. The van der Waals surface area contributed by atoms with Gasteiger partial charge in [0.2, 0.25) is 0 Å². The maximum Gasteiger partial charge on any atom is 0.508 e. The quantitative estimate of drug-likeness (QED) is 0.438. The van der Waals surface area contributed by atoms with Gasteiger partial charge in [-0.2, -0.15) is 0 Å². The maximum absolute atomic E-state index is 13.4. The van der Waals surface area contributed by atoms with Crippen molar-refractivity contribution < 1.29 is 28.6 Å². The molecule has 0 unspecified atom stereocenters. The van der Waals surface area contributed by atoms with Crippen molar-refractivity contribution in [1.29, 1.82) is 0 Å². The molecule has 3 aliphatic carbocycles. The van der Waals surface area contributed by atoms with Gasteiger partial charge in [0.15, 0.2) is 5.54 Å². The van der Waals surface area contributed by atoms with E-state index in [1.54, 1.807) is 31.2 Å². The van der Waals surface area contributed by atoms with Crippen LogP contribution in [0.25, 0.3) is 0 Å². The number of rotatable bonds is 7. The first-order valence-electron chi connectivity index (χ1n) is 12.9. The lowest BCUT2D eigenvalue weighted by molar-refractivity contribution is -0.158. The van der Waals surface area contributed by atoms with Crippen LogP contribution in [-0.4, -0.2) is 42.4 Å². The number of hydrogen-bond donors (Lipinski definition) is 1. The van der Waals surface area contributed by atoms with Crippen LogP contribution in [0.2, 0.25) is 0 Å². The molecule has 190 valence electrons. The molecule has 0 saturated heterocycles. The summed E-state index contributed by atoms with van der Waals surface area (Å²) in [5.74, 6) is -0.431. The van der Waals surface area contributed by atoms with Crippen molar-refractivity contribution in [2.45, 2.75) is 71.1 Å². The molecule has 1 amide bonds. The molecule has 7 nitrogen and oxygen atoms in total. The van der Waals surface area contributed by atoms with E-state index in [0.29, 0.717) is 23.8 Å². The number of nitrogens with one attached hydrogen (secondary N) is 1. The average molecular weight is 484 g/mol. The molecule has 2 saturated carbocycles. The van der Waals surface area contributed by atoms with Crippen molar-refractivity contribution in [1.82, 2.24) is 5.32 Å². The fraction of sp³-hybridized carbons (Fsp3) is 0.607. The van der Waals surface area contributed by atoms with Crippen LogP contribution < -0.4 is 5.32 Å². The summed E-state index contributed by atoms with van der Waals surface area (Å²) in [4.78, 5) is 39.7. The molecule has 0 heterocycles. The zero-order valence-electron chi connectivity index (χ0n) is 21.1. The molecule has 7 atom stereocenters. The second-order valence-electron chi connectivity index (χ2n) is 10.6. The molecule has 0 aliphatic heterocycles. The van der Waals surface area contributed by atoms with Crippen molar-refractivity contribution in [2.75, 3.05) is 6.61 Å². The van der Waals surface area contributed by atoms with E-state index in [4.69, 9.17) is 14.2 Å². The Labute approximate surface area is 207 Å². The van der Waals surface area contributed by atoms with Crippen molar-refractivity contribution >= 4 is 18.0 Å². The minimum Gasteiger partial charge on any atom is -0.464 e. The van der Waals surface area contributed by atoms with Crippen LogP contribution in [0.4, 0.5) is 4.79 Å². The fourth-order valence-electron chi connectivity index (χ4n) is 6.11. The van der Waals surface area contributed by atoms with Crippen LogP contribution in [0.3, 0.4) is 0 Å². The van der Waals surface area contributed by atoms with E-state index in [-0.39, 0.29) is 30.5 Å². The third-order valence-electron chi connectivity index (χ3n) is 7.94. The van der Waals surface area contributed by atoms with Crippen LogP contribution in [0, 0.1) is 29.6 Å². The van der Waals surface area contributed by atoms with Gasteiger partial charge in [0, 0.05) is 17.4 Å². The van der Waals surface area contributed by atoms with Crippen molar-refractivity contribution in [3.05, 3.63) is 48.0 Å². The lowest BCUT2D eigenvalue weighted by Gasteiger charge is -2.40. The Morgan fingerprint density at radius 2 is 1.80 bits per heavy atom. The molecule has 35 heavy (non-hydrogen) atoms. The summed E-state index contributed by atoms with van der Waals surface area (Å²) in [5, 5.41) is 2.92. The number of hydrogen-bond acceptors (Lipinski definition) is 6. The van der Waals surface area contributed by atoms with Gasteiger partial charge in [-0.3, -0.25) is 4.79 Å². The molecule has 1 N–H and O–H groups in total. The SMILES string of the molecule is CCOC(=O)[C@@]1(NC(=O)c2ccccc2)[C@@H]2C=C[C@@H](C2)[C@@H]1OC(=O)O[C@H]1C[C@@H](C)CC[C@@H]1C(C)C. The second-order valence-corrected chi connectivity index (χ2v) is 10.6. The molecule has 0 radical (unpaired) electrons. The van der Waals surface area contributed by atoms with Crippen molar-refractivity contribution in [3.8, 4) is 0 Å². The Balaban J connectivity index is 1.58. The number of fused-ring (bicyclic) bond motifs is 2. The summed E-state index contributed by atoms with van der Waals surface area (Å²) in [6.45, 7) is 8.33. The number of carbonyl (C=O) groups is 3. The highest BCUT2D eigenvalue weighted by molar-refractivity contribution is 5.99. The molecule has 4 rings (SSSR count). The third-order valence-corrected chi connectivity index (χ3v) is 7.94.